The summed E-state index contributed by atoms with van der Waals surface area (Å²) in [5.41, 5.74) is 3.42. The molecule has 40 heavy (non-hydrogen) atoms. The van der Waals surface area contributed by atoms with E-state index in [2.05, 4.69) is 10.6 Å². The summed E-state index contributed by atoms with van der Waals surface area (Å²) in [5, 5.41) is 25.2. The van der Waals surface area contributed by atoms with E-state index in [1.165, 1.54) is 0 Å². The van der Waals surface area contributed by atoms with E-state index in [1.807, 2.05) is 65.0 Å². The molecular weight excluding hydrogens is 516 g/mol. The van der Waals surface area contributed by atoms with Crippen molar-refractivity contribution in [3.63, 3.8) is 0 Å². The molecule has 4 N–H and O–H groups in total. The lowest BCUT2D eigenvalue weighted by Crippen LogP contribution is -2.39. The maximum atomic E-state index is 13.2. The SMILES string of the molecule is COc1ccc2c(C3=C(c4cccc5ccn(C)c45)C(=O)NC3=O)cn(CCCNC(CC(=O)O)C(=O)O)c2c1. The molecule has 11 heteroatoms. The van der Waals surface area contributed by atoms with Gasteiger partial charge in [-0.2, -0.15) is 0 Å². The van der Waals surface area contributed by atoms with Crippen molar-refractivity contribution in [3.8, 4) is 5.75 Å². The average molecular weight is 545 g/mol. The van der Waals surface area contributed by atoms with Crippen molar-refractivity contribution in [3.05, 3.63) is 66.0 Å². The van der Waals surface area contributed by atoms with Gasteiger partial charge in [0.2, 0.25) is 0 Å². The van der Waals surface area contributed by atoms with Gasteiger partial charge >= 0.3 is 11.9 Å². The number of aromatic nitrogens is 2. The molecule has 2 aromatic heterocycles. The Morgan fingerprint density at radius 2 is 1.80 bits per heavy atom. The van der Waals surface area contributed by atoms with Crippen LogP contribution in [0.2, 0.25) is 0 Å². The van der Waals surface area contributed by atoms with Crippen LogP contribution in [0.5, 0.6) is 5.75 Å². The summed E-state index contributed by atoms with van der Waals surface area (Å²) < 4.78 is 9.26. The number of rotatable bonds is 11. The van der Waals surface area contributed by atoms with Crippen LogP contribution < -0.4 is 15.4 Å². The Morgan fingerprint density at radius 3 is 2.50 bits per heavy atom. The van der Waals surface area contributed by atoms with Crippen LogP contribution in [0.15, 0.2) is 54.9 Å². The predicted octanol–water partition coefficient (Wildman–Crippen LogP) is 2.62. The molecule has 2 amide bonds. The highest BCUT2D eigenvalue weighted by Crippen LogP contribution is 2.39. The largest absolute Gasteiger partial charge is 0.497 e. The van der Waals surface area contributed by atoms with Gasteiger partial charge in [-0.25, -0.2) is 0 Å². The lowest BCUT2D eigenvalue weighted by atomic mass is 9.94. The van der Waals surface area contributed by atoms with Gasteiger partial charge in [0, 0.05) is 54.0 Å². The molecular formula is C29H28N4O7. The number of carboxylic acid groups (broad SMARTS) is 2. The molecule has 1 atom stereocenters. The molecule has 0 saturated carbocycles. The quantitative estimate of drug-likeness (QED) is 0.166. The molecule has 0 radical (unpaired) electrons. The molecule has 3 heterocycles. The number of nitrogens with one attached hydrogen (secondary N) is 2. The second-order valence-corrected chi connectivity index (χ2v) is 9.62. The van der Waals surface area contributed by atoms with E-state index in [-0.39, 0.29) is 12.1 Å². The molecule has 0 spiro atoms. The van der Waals surface area contributed by atoms with Crippen LogP contribution in [-0.2, 0) is 32.8 Å². The zero-order valence-corrected chi connectivity index (χ0v) is 21.9. The number of carboxylic acids is 2. The van der Waals surface area contributed by atoms with Gasteiger partial charge in [-0.1, -0.05) is 18.2 Å². The van der Waals surface area contributed by atoms with Crippen LogP contribution >= 0.6 is 0 Å². The molecule has 0 aliphatic carbocycles. The number of amides is 2. The highest BCUT2D eigenvalue weighted by molar-refractivity contribution is 6.50. The number of hydrogen-bond acceptors (Lipinski definition) is 6. The molecule has 11 nitrogen and oxygen atoms in total. The van der Waals surface area contributed by atoms with E-state index in [0.29, 0.717) is 35.4 Å². The number of hydrogen-bond donors (Lipinski definition) is 4. The van der Waals surface area contributed by atoms with Crippen LogP contribution in [0.4, 0.5) is 0 Å². The number of fused-ring (bicyclic) bond motifs is 2. The summed E-state index contributed by atoms with van der Waals surface area (Å²) in [6, 6.07) is 11.9. The zero-order chi connectivity index (χ0) is 28.6. The Bertz CT molecular complexity index is 1710. The highest BCUT2D eigenvalue weighted by atomic mass is 16.5. The van der Waals surface area contributed by atoms with Crippen LogP contribution in [0.1, 0.15) is 24.0 Å². The first-order valence-electron chi connectivity index (χ1n) is 12.7. The van der Waals surface area contributed by atoms with Gasteiger partial charge in [-0.15, -0.1) is 0 Å². The summed E-state index contributed by atoms with van der Waals surface area (Å²) in [6.07, 6.45) is 3.66. The lowest BCUT2D eigenvalue weighted by molar-refractivity contribution is -0.145. The summed E-state index contributed by atoms with van der Waals surface area (Å²) in [6.45, 7) is 0.688. The number of benzene rings is 2. The summed E-state index contributed by atoms with van der Waals surface area (Å²) in [4.78, 5) is 48.8. The fraction of sp³-hybridized carbons (Fsp3) is 0.241. The van der Waals surface area contributed by atoms with Crippen molar-refractivity contribution in [1.82, 2.24) is 19.8 Å². The first-order valence-corrected chi connectivity index (χ1v) is 12.7. The Morgan fingerprint density at radius 1 is 1.05 bits per heavy atom. The molecule has 0 bridgehead atoms. The maximum Gasteiger partial charge on any atom is 0.321 e. The number of carbonyl (C=O) groups excluding carboxylic acids is 2. The standard InChI is InChI=1S/C29H28N4O7/c1-32-12-9-16-5-3-6-19(26(16)32)24-25(28(37)31-27(24)36)20-15-33(22-13-17(40-2)7-8-18(20)22)11-4-10-30-21(29(38)39)14-23(34)35/h3,5-9,12-13,15,21,30H,4,10-11,14H2,1-2H3,(H,34,35)(H,38,39)(H,31,36,37). The number of nitrogens with zero attached hydrogens (tertiary/aromatic N) is 2. The minimum atomic E-state index is -1.23. The lowest BCUT2D eigenvalue weighted by Gasteiger charge is -2.12. The third kappa shape index (κ3) is 4.82. The zero-order valence-electron chi connectivity index (χ0n) is 21.9. The van der Waals surface area contributed by atoms with Gasteiger partial charge in [-0.3, -0.25) is 24.5 Å². The molecule has 4 aromatic rings. The Hall–Kier alpha value is -4.90. The molecule has 0 fully saturated rings. The van der Waals surface area contributed by atoms with Crippen molar-refractivity contribution in [2.45, 2.75) is 25.4 Å². The summed E-state index contributed by atoms with van der Waals surface area (Å²) >= 11 is 0. The number of aliphatic carboxylic acids is 2. The van der Waals surface area contributed by atoms with Gasteiger partial charge in [0.1, 0.15) is 11.8 Å². The average Bonchev–Trinajstić information content (AvgIpc) is 3.57. The number of carbonyl (C=O) groups is 4. The topological polar surface area (TPSA) is 152 Å². The number of ether oxygens (including phenoxy) is 1. The Kier molecular flexibility index (Phi) is 7.14. The molecule has 2 aromatic carbocycles. The Balaban J connectivity index is 1.56. The van der Waals surface area contributed by atoms with Gasteiger partial charge in [0.05, 0.1) is 35.7 Å². The van der Waals surface area contributed by atoms with Crippen LogP contribution in [0.3, 0.4) is 0 Å². The highest BCUT2D eigenvalue weighted by Gasteiger charge is 2.35. The monoisotopic (exact) mass is 544 g/mol. The normalized spacial score (nSPS) is 14.2. The smallest absolute Gasteiger partial charge is 0.321 e. The fourth-order valence-corrected chi connectivity index (χ4v) is 5.26. The van der Waals surface area contributed by atoms with E-state index < -0.39 is 36.2 Å². The van der Waals surface area contributed by atoms with Gasteiger partial charge < -0.3 is 29.4 Å². The minimum Gasteiger partial charge on any atom is -0.497 e. The van der Waals surface area contributed by atoms with Crippen LogP contribution in [-0.4, -0.2) is 62.8 Å². The molecule has 0 saturated heterocycles. The summed E-state index contributed by atoms with van der Waals surface area (Å²) in [5.74, 6) is -2.78. The Labute approximate surface area is 228 Å². The molecule has 5 rings (SSSR count). The summed E-state index contributed by atoms with van der Waals surface area (Å²) in [7, 11) is 3.44. The van der Waals surface area contributed by atoms with Crippen LogP contribution in [0.25, 0.3) is 33.0 Å². The fourth-order valence-electron chi connectivity index (χ4n) is 5.26. The van der Waals surface area contributed by atoms with E-state index in [0.717, 1.165) is 21.8 Å². The van der Waals surface area contributed by atoms with Gasteiger partial charge in [-0.05, 0) is 31.2 Å². The number of methoxy groups -OCH3 is 1. The number of para-hydroxylation sites is 1. The van der Waals surface area contributed by atoms with Crippen molar-refractivity contribution in [2.24, 2.45) is 7.05 Å². The van der Waals surface area contributed by atoms with Crippen molar-refractivity contribution in [1.29, 1.82) is 0 Å². The maximum absolute atomic E-state index is 13.2. The number of aryl methyl sites for hydroxylation is 2. The van der Waals surface area contributed by atoms with Gasteiger partial charge in [0.25, 0.3) is 11.8 Å². The van der Waals surface area contributed by atoms with Crippen LogP contribution in [0, 0.1) is 0 Å². The second kappa shape index (κ2) is 10.7. The predicted molar refractivity (Wildman–Crippen MR) is 148 cm³/mol. The molecule has 1 aliphatic heterocycles. The van der Waals surface area contributed by atoms with Crippen molar-refractivity contribution in [2.75, 3.05) is 13.7 Å². The van der Waals surface area contributed by atoms with E-state index in [1.54, 1.807) is 13.2 Å². The third-order valence-corrected chi connectivity index (χ3v) is 7.10. The van der Waals surface area contributed by atoms with E-state index in [9.17, 15) is 24.3 Å². The van der Waals surface area contributed by atoms with Crippen molar-refractivity contribution < 1.29 is 34.1 Å². The van der Waals surface area contributed by atoms with Gasteiger partial charge in [0.15, 0.2) is 0 Å². The molecule has 1 unspecified atom stereocenters. The number of imide groups is 1. The first-order chi connectivity index (χ1) is 19.2. The first kappa shape index (κ1) is 26.7. The second-order valence-electron chi connectivity index (χ2n) is 9.62. The van der Waals surface area contributed by atoms with E-state index in [4.69, 9.17) is 9.84 Å². The van der Waals surface area contributed by atoms with Crippen molar-refractivity contribution >= 4 is 56.7 Å². The third-order valence-electron chi connectivity index (χ3n) is 7.10. The molecule has 1 aliphatic rings. The minimum absolute atomic E-state index is 0.256. The molecule has 206 valence electrons. The van der Waals surface area contributed by atoms with E-state index >= 15 is 0 Å².